The summed E-state index contributed by atoms with van der Waals surface area (Å²) in [5, 5.41) is 0. The molecule has 0 atom stereocenters. The molecule has 0 fully saturated rings. The van der Waals surface area contributed by atoms with Gasteiger partial charge in [-0.25, -0.2) is 0 Å². The first-order valence-electron chi connectivity index (χ1n) is 2.85. The number of Topliss-reactive ketones (excluding diaryl/α,β-unsaturated/α-hetero) is 1. The van der Waals surface area contributed by atoms with Crippen LogP contribution in [0.2, 0.25) is 0 Å². The van der Waals surface area contributed by atoms with Gasteiger partial charge in [0.25, 0.3) is 0 Å². The van der Waals surface area contributed by atoms with E-state index in [-0.39, 0.29) is 5.78 Å². The minimum Gasteiger partial charge on any atom is -0.292 e. The highest BCUT2D eigenvalue weighted by Crippen LogP contribution is 2.18. The Balaban J connectivity index is 2.63. The highest BCUT2D eigenvalue weighted by molar-refractivity contribution is 6.04. The monoisotopic (exact) mass is 119 g/mol. The highest BCUT2D eigenvalue weighted by atomic mass is 16.1. The highest BCUT2D eigenvalue weighted by Gasteiger charge is 2.23. The first-order valence-corrected chi connectivity index (χ1v) is 2.85. The average Bonchev–Trinajstić information content (AvgIpc) is 1.86. The number of fused-ring (bicyclic) bond motifs is 1. The van der Waals surface area contributed by atoms with Gasteiger partial charge in [0, 0.05) is 12.6 Å². The molecule has 0 bridgehead atoms. The molecule has 0 aromatic carbocycles. The molecule has 1 aromatic rings. The number of aromatic nitrogens is 1. The van der Waals surface area contributed by atoms with Crippen molar-refractivity contribution in [2.24, 2.45) is 0 Å². The molecule has 0 amide bonds. The molecule has 1 aromatic heterocycles. The SMILES string of the molecule is O=C1Cc2cccnc21. The van der Waals surface area contributed by atoms with Gasteiger partial charge in [0.15, 0.2) is 5.78 Å². The molecule has 0 saturated carbocycles. The Morgan fingerprint density at radius 3 is 3.00 bits per heavy atom. The molecule has 0 saturated heterocycles. The van der Waals surface area contributed by atoms with Crippen molar-refractivity contribution < 1.29 is 4.79 Å². The van der Waals surface area contributed by atoms with Crippen LogP contribution in [0.15, 0.2) is 18.3 Å². The average molecular weight is 119 g/mol. The van der Waals surface area contributed by atoms with Crippen LogP contribution in [0, 0.1) is 0 Å². The second-order valence-corrected chi connectivity index (χ2v) is 2.11. The first kappa shape index (κ1) is 4.68. The lowest BCUT2D eigenvalue weighted by molar-refractivity contribution is 0.0961. The number of rotatable bonds is 0. The molecule has 2 nitrogen and oxygen atoms in total. The van der Waals surface area contributed by atoms with E-state index in [4.69, 9.17) is 0 Å². The smallest absolute Gasteiger partial charge is 0.185 e. The molecule has 0 N–H and O–H groups in total. The summed E-state index contributed by atoms with van der Waals surface area (Å²) in [6.45, 7) is 0. The summed E-state index contributed by atoms with van der Waals surface area (Å²) in [7, 11) is 0. The van der Waals surface area contributed by atoms with Crippen LogP contribution in [-0.4, -0.2) is 10.8 Å². The maximum atomic E-state index is 10.7. The lowest BCUT2D eigenvalue weighted by atomic mass is 9.93. The number of pyridine rings is 1. The topological polar surface area (TPSA) is 30.0 Å². The Bertz CT molecular complexity index is 267. The molecule has 2 rings (SSSR count). The number of hydrogen-bond acceptors (Lipinski definition) is 2. The van der Waals surface area contributed by atoms with Gasteiger partial charge in [0.2, 0.25) is 0 Å². The van der Waals surface area contributed by atoms with Crippen molar-refractivity contribution in [3.8, 4) is 0 Å². The normalized spacial score (nSPS) is 14.4. The van der Waals surface area contributed by atoms with Crippen molar-refractivity contribution in [3.05, 3.63) is 29.6 Å². The van der Waals surface area contributed by atoms with Crippen molar-refractivity contribution in [3.63, 3.8) is 0 Å². The van der Waals surface area contributed by atoms with E-state index in [2.05, 4.69) is 4.98 Å². The summed E-state index contributed by atoms with van der Waals surface area (Å²) < 4.78 is 0. The largest absolute Gasteiger partial charge is 0.292 e. The third-order valence-electron chi connectivity index (χ3n) is 1.51. The van der Waals surface area contributed by atoms with Crippen LogP contribution < -0.4 is 0 Å². The van der Waals surface area contributed by atoms with E-state index in [0.29, 0.717) is 12.1 Å². The van der Waals surface area contributed by atoms with Crippen LogP contribution >= 0.6 is 0 Å². The Hall–Kier alpha value is -1.18. The number of carbonyl (C=O) groups is 1. The van der Waals surface area contributed by atoms with Crippen molar-refractivity contribution in [2.45, 2.75) is 6.42 Å². The first-order chi connectivity index (χ1) is 4.38. The Morgan fingerprint density at radius 2 is 2.44 bits per heavy atom. The van der Waals surface area contributed by atoms with Crippen LogP contribution in [0.1, 0.15) is 16.1 Å². The summed E-state index contributed by atoms with van der Waals surface area (Å²) in [5.74, 6) is 0.172. The fourth-order valence-corrected chi connectivity index (χ4v) is 0.982. The van der Waals surface area contributed by atoms with Gasteiger partial charge in [-0.15, -0.1) is 0 Å². The molecule has 0 unspecified atom stereocenters. The molecule has 1 aliphatic carbocycles. The van der Waals surface area contributed by atoms with Gasteiger partial charge in [0.05, 0.1) is 0 Å². The van der Waals surface area contributed by atoms with Crippen molar-refractivity contribution in [1.82, 2.24) is 4.98 Å². The summed E-state index contributed by atoms with van der Waals surface area (Å²) in [4.78, 5) is 14.6. The summed E-state index contributed by atoms with van der Waals surface area (Å²) in [5.41, 5.74) is 1.75. The fraction of sp³-hybridized carbons (Fsp3) is 0.143. The van der Waals surface area contributed by atoms with E-state index < -0.39 is 0 Å². The minimum atomic E-state index is 0.172. The zero-order valence-corrected chi connectivity index (χ0v) is 4.79. The second kappa shape index (κ2) is 1.41. The molecule has 0 aliphatic heterocycles. The molecule has 0 spiro atoms. The lowest BCUT2D eigenvalue weighted by Crippen LogP contribution is -2.19. The maximum Gasteiger partial charge on any atom is 0.185 e. The predicted octanol–water partition coefficient (Wildman–Crippen LogP) is 0.820. The number of hydrogen-bond donors (Lipinski definition) is 0. The van der Waals surface area contributed by atoms with E-state index in [1.807, 2.05) is 12.1 Å². The predicted molar refractivity (Wildman–Crippen MR) is 32.3 cm³/mol. The summed E-state index contributed by atoms with van der Waals surface area (Å²) in [6.07, 6.45) is 2.24. The zero-order chi connectivity index (χ0) is 6.27. The summed E-state index contributed by atoms with van der Waals surface area (Å²) >= 11 is 0. The van der Waals surface area contributed by atoms with E-state index in [1.54, 1.807) is 6.20 Å². The van der Waals surface area contributed by atoms with Gasteiger partial charge in [0.1, 0.15) is 5.69 Å². The third-order valence-corrected chi connectivity index (χ3v) is 1.51. The summed E-state index contributed by atoms with van der Waals surface area (Å²) in [6, 6.07) is 3.79. The molecule has 1 aliphatic rings. The molecular formula is C7H5NO. The quantitative estimate of drug-likeness (QED) is 0.506. The van der Waals surface area contributed by atoms with Gasteiger partial charge in [-0.1, -0.05) is 6.07 Å². The van der Waals surface area contributed by atoms with Crippen LogP contribution in [0.5, 0.6) is 0 Å². The molecule has 9 heavy (non-hydrogen) atoms. The number of carbonyl (C=O) groups excluding carboxylic acids is 1. The molecule has 2 heteroatoms. The molecule has 0 radical (unpaired) electrons. The van der Waals surface area contributed by atoms with Crippen molar-refractivity contribution in [2.75, 3.05) is 0 Å². The maximum absolute atomic E-state index is 10.7. The number of nitrogens with zero attached hydrogens (tertiary/aromatic N) is 1. The minimum absolute atomic E-state index is 0.172. The zero-order valence-electron chi connectivity index (χ0n) is 4.79. The second-order valence-electron chi connectivity index (χ2n) is 2.11. The number of ketones is 1. The van der Waals surface area contributed by atoms with Gasteiger partial charge in [-0.3, -0.25) is 9.78 Å². The third kappa shape index (κ3) is 0.499. The van der Waals surface area contributed by atoms with Gasteiger partial charge >= 0.3 is 0 Å². The van der Waals surface area contributed by atoms with E-state index >= 15 is 0 Å². The van der Waals surface area contributed by atoms with Crippen LogP contribution in [0.25, 0.3) is 0 Å². The Labute approximate surface area is 52.5 Å². The van der Waals surface area contributed by atoms with Gasteiger partial charge in [-0.05, 0) is 11.6 Å². The van der Waals surface area contributed by atoms with Crippen molar-refractivity contribution >= 4 is 5.78 Å². The fourth-order valence-electron chi connectivity index (χ4n) is 0.982. The van der Waals surface area contributed by atoms with Crippen LogP contribution in [-0.2, 0) is 6.42 Å². The van der Waals surface area contributed by atoms with Crippen LogP contribution in [0.3, 0.4) is 0 Å². The lowest BCUT2D eigenvalue weighted by Gasteiger charge is -2.13. The standard InChI is InChI=1S/C7H5NO/c9-6-4-5-2-1-3-8-7(5)6/h1-3H,4H2. The van der Waals surface area contributed by atoms with Crippen molar-refractivity contribution in [1.29, 1.82) is 0 Å². The van der Waals surface area contributed by atoms with E-state index in [0.717, 1.165) is 5.56 Å². The Morgan fingerprint density at radius 1 is 1.56 bits per heavy atom. The van der Waals surface area contributed by atoms with E-state index in [1.165, 1.54) is 0 Å². The van der Waals surface area contributed by atoms with Crippen LogP contribution in [0.4, 0.5) is 0 Å². The Kier molecular flexibility index (Phi) is 0.730. The molecular weight excluding hydrogens is 114 g/mol. The van der Waals surface area contributed by atoms with Gasteiger partial charge < -0.3 is 0 Å². The van der Waals surface area contributed by atoms with E-state index in [9.17, 15) is 4.79 Å². The van der Waals surface area contributed by atoms with Gasteiger partial charge in [-0.2, -0.15) is 0 Å². The molecule has 44 valence electrons. The molecule has 1 heterocycles.